The summed E-state index contributed by atoms with van der Waals surface area (Å²) in [6.07, 6.45) is 1.55. The number of aliphatic carboxylic acids is 1. The van der Waals surface area contributed by atoms with Gasteiger partial charge in [0.2, 0.25) is 11.8 Å². The highest BCUT2D eigenvalue weighted by atomic mass is 16.4. The summed E-state index contributed by atoms with van der Waals surface area (Å²) in [5.74, 6) is -2.55. The molecule has 2 fully saturated rings. The van der Waals surface area contributed by atoms with Crippen molar-refractivity contribution < 1.29 is 19.5 Å². The number of imide groups is 1. The Morgan fingerprint density at radius 2 is 1.86 bits per heavy atom. The molecule has 1 saturated carbocycles. The van der Waals surface area contributed by atoms with Crippen molar-refractivity contribution in [1.82, 2.24) is 4.90 Å². The number of nitrogens with zero attached hydrogens (tertiary/aromatic N) is 1. The molecule has 2 atom stereocenters. The molecule has 2 unspecified atom stereocenters. The molecule has 2 amide bonds. The maximum atomic E-state index is 12.6. The highest BCUT2D eigenvalue weighted by molar-refractivity contribution is 6.09. The van der Waals surface area contributed by atoms with Gasteiger partial charge in [-0.25, -0.2) is 4.79 Å². The number of carboxylic acid groups (broad SMARTS) is 1. The first kappa shape index (κ1) is 13.8. The highest BCUT2D eigenvalue weighted by Crippen LogP contribution is 2.46. The van der Waals surface area contributed by atoms with Gasteiger partial charge in [0.15, 0.2) is 0 Å². The second kappa shape index (κ2) is 4.69. The molecule has 110 valence electrons. The molecule has 0 aromatic heterocycles. The molecule has 0 radical (unpaired) electrons. The van der Waals surface area contributed by atoms with E-state index in [2.05, 4.69) is 0 Å². The third-order valence-electron chi connectivity index (χ3n) is 4.62. The van der Waals surface area contributed by atoms with Crippen molar-refractivity contribution in [1.29, 1.82) is 0 Å². The van der Waals surface area contributed by atoms with Crippen LogP contribution in [0.25, 0.3) is 0 Å². The number of likely N-dealkylation sites (tertiary alicyclic amines) is 1. The Kier molecular flexibility index (Phi) is 3.08. The summed E-state index contributed by atoms with van der Waals surface area (Å²) in [6.45, 7) is 1.50. The van der Waals surface area contributed by atoms with Crippen molar-refractivity contribution in [3.8, 4) is 0 Å². The third kappa shape index (κ3) is 2.04. The SMILES string of the molecule is CC(C(=O)O)(C1CC1)N1C(=O)CC(c2ccccc2)C1=O. The Morgan fingerprint density at radius 1 is 1.24 bits per heavy atom. The van der Waals surface area contributed by atoms with E-state index in [-0.39, 0.29) is 24.2 Å². The van der Waals surface area contributed by atoms with Crippen LogP contribution >= 0.6 is 0 Å². The van der Waals surface area contributed by atoms with E-state index in [0.717, 1.165) is 23.3 Å². The lowest BCUT2D eigenvalue weighted by atomic mass is 9.93. The fourth-order valence-electron chi connectivity index (χ4n) is 3.16. The van der Waals surface area contributed by atoms with Crippen molar-refractivity contribution in [3.05, 3.63) is 35.9 Å². The smallest absolute Gasteiger partial charge is 0.330 e. The first-order valence-corrected chi connectivity index (χ1v) is 7.11. The third-order valence-corrected chi connectivity index (χ3v) is 4.62. The summed E-state index contributed by atoms with van der Waals surface area (Å²) in [7, 11) is 0. The Hall–Kier alpha value is -2.17. The number of rotatable bonds is 4. The van der Waals surface area contributed by atoms with Gasteiger partial charge in [0.25, 0.3) is 0 Å². The predicted octanol–water partition coefficient (Wildman–Crippen LogP) is 1.78. The minimum atomic E-state index is -1.41. The largest absolute Gasteiger partial charge is 0.479 e. The quantitative estimate of drug-likeness (QED) is 0.857. The molecular weight excluding hydrogens is 270 g/mol. The molecule has 2 aliphatic rings. The number of carboxylic acids is 1. The molecule has 5 nitrogen and oxygen atoms in total. The summed E-state index contributed by atoms with van der Waals surface area (Å²) in [6, 6.07) is 9.07. The monoisotopic (exact) mass is 287 g/mol. The fourth-order valence-corrected chi connectivity index (χ4v) is 3.16. The van der Waals surface area contributed by atoms with Gasteiger partial charge in [-0.3, -0.25) is 14.5 Å². The summed E-state index contributed by atoms with van der Waals surface area (Å²) >= 11 is 0. The molecule has 0 bridgehead atoms. The lowest BCUT2D eigenvalue weighted by molar-refractivity contribution is -0.163. The average Bonchev–Trinajstić information content (AvgIpc) is 3.26. The van der Waals surface area contributed by atoms with Gasteiger partial charge in [0.05, 0.1) is 5.92 Å². The summed E-state index contributed by atoms with van der Waals surface area (Å²) in [5, 5.41) is 9.55. The molecule has 1 aliphatic carbocycles. The number of hydrogen-bond acceptors (Lipinski definition) is 3. The van der Waals surface area contributed by atoms with Gasteiger partial charge in [-0.2, -0.15) is 0 Å². The molecule has 0 spiro atoms. The van der Waals surface area contributed by atoms with Gasteiger partial charge in [-0.05, 0) is 31.2 Å². The number of carbonyl (C=O) groups is 3. The van der Waals surface area contributed by atoms with Crippen molar-refractivity contribution in [2.24, 2.45) is 5.92 Å². The van der Waals surface area contributed by atoms with Crippen LogP contribution in [0.3, 0.4) is 0 Å². The molecule has 1 N–H and O–H groups in total. The van der Waals surface area contributed by atoms with Crippen LogP contribution in [-0.2, 0) is 14.4 Å². The first-order valence-electron chi connectivity index (χ1n) is 7.11. The van der Waals surface area contributed by atoms with E-state index in [1.807, 2.05) is 18.2 Å². The van der Waals surface area contributed by atoms with Gasteiger partial charge in [-0.1, -0.05) is 30.3 Å². The molecule has 5 heteroatoms. The number of amides is 2. The van der Waals surface area contributed by atoms with Crippen molar-refractivity contribution in [3.63, 3.8) is 0 Å². The summed E-state index contributed by atoms with van der Waals surface area (Å²) in [4.78, 5) is 37.6. The maximum Gasteiger partial charge on any atom is 0.330 e. The standard InChI is InChI=1S/C16H17NO4/c1-16(15(20)21,11-7-8-11)17-13(18)9-12(14(17)19)10-5-3-2-4-6-10/h2-6,11-12H,7-9H2,1H3,(H,20,21). The normalized spacial score (nSPS) is 25.0. The molecular formula is C16H17NO4. The van der Waals surface area contributed by atoms with Crippen molar-refractivity contribution in [2.45, 2.75) is 37.6 Å². The van der Waals surface area contributed by atoms with Crippen LogP contribution in [0.5, 0.6) is 0 Å². The van der Waals surface area contributed by atoms with Crippen LogP contribution in [0, 0.1) is 5.92 Å². The number of benzene rings is 1. The van der Waals surface area contributed by atoms with Crippen LogP contribution in [0.15, 0.2) is 30.3 Å². The Balaban J connectivity index is 1.96. The average molecular weight is 287 g/mol. The maximum absolute atomic E-state index is 12.6. The molecule has 1 saturated heterocycles. The van der Waals surface area contributed by atoms with E-state index in [4.69, 9.17) is 0 Å². The van der Waals surface area contributed by atoms with Crippen molar-refractivity contribution >= 4 is 17.8 Å². The van der Waals surface area contributed by atoms with E-state index in [9.17, 15) is 19.5 Å². The van der Waals surface area contributed by atoms with E-state index in [0.29, 0.717) is 0 Å². The van der Waals surface area contributed by atoms with Crippen LogP contribution in [-0.4, -0.2) is 33.3 Å². The van der Waals surface area contributed by atoms with E-state index in [1.165, 1.54) is 6.92 Å². The van der Waals surface area contributed by atoms with Crippen LogP contribution in [0.1, 0.15) is 37.7 Å². The van der Waals surface area contributed by atoms with Crippen LogP contribution in [0.4, 0.5) is 0 Å². The first-order chi connectivity index (χ1) is 9.96. The molecule has 21 heavy (non-hydrogen) atoms. The predicted molar refractivity (Wildman–Crippen MR) is 74.4 cm³/mol. The minimum Gasteiger partial charge on any atom is -0.479 e. The molecule has 1 aromatic carbocycles. The molecule has 1 aliphatic heterocycles. The summed E-state index contributed by atoms with van der Waals surface area (Å²) < 4.78 is 0. The lowest BCUT2D eigenvalue weighted by Crippen LogP contribution is -2.56. The van der Waals surface area contributed by atoms with Gasteiger partial charge >= 0.3 is 5.97 Å². The van der Waals surface area contributed by atoms with E-state index in [1.54, 1.807) is 12.1 Å². The van der Waals surface area contributed by atoms with Gasteiger partial charge in [0, 0.05) is 6.42 Å². The number of hydrogen-bond donors (Lipinski definition) is 1. The topological polar surface area (TPSA) is 74.7 Å². The zero-order chi connectivity index (χ0) is 15.2. The zero-order valence-corrected chi connectivity index (χ0v) is 11.8. The van der Waals surface area contributed by atoms with Crippen molar-refractivity contribution in [2.75, 3.05) is 0 Å². The number of carbonyl (C=O) groups excluding carboxylic acids is 2. The molecule has 1 aromatic rings. The van der Waals surface area contributed by atoms with Gasteiger partial charge in [-0.15, -0.1) is 0 Å². The zero-order valence-electron chi connectivity index (χ0n) is 11.8. The Bertz CT molecular complexity index is 608. The molecule has 3 rings (SSSR count). The van der Waals surface area contributed by atoms with Crippen LogP contribution in [0.2, 0.25) is 0 Å². The van der Waals surface area contributed by atoms with Crippen LogP contribution < -0.4 is 0 Å². The van der Waals surface area contributed by atoms with Gasteiger partial charge in [0.1, 0.15) is 5.54 Å². The minimum absolute atomic E-state index is 0.0540. The second-order valence-corrected chi connectivity index (χ2v) is 5.96. The van der Waals surface area contributed by atoms with E-state index >= 15 is 0 Å². The Labute approximate surface area is 122 Å². The summed E-state index contributed by atoms with van der Waals surface area (Å²) in [5.41, 5.74) is -0.639. The molecule has 1 heterocycles. The van der Waals surface area contributed by atoms with E-state index < -0.39 is 17.4 Å². The Morgan fingerprint density at radius 3 is 2.38 bits per heavy atom. The second-order valence-electron chi connectivity index (χ2n) is 5.96. The fraction of sp³-hybridized carbons (Fsp3) is 0.438. The lowest BCUT2D eigenvalue weighted by Gasteiger charge is -2.33. The van der Waals surface area contributed by atoms with Gasteiger partial charge < -0.3 is 5.11 Å². The highest BCUT2D eigenvalue weighted by Gasteiger charge is 2.58.